The molecule has 0 saturated carbocycles. The first-order valence-electron chi connectivity index (χ1n) is 4.20. The summed E-state index contributed by atoms with van der Waals surface area (Å²) in [5.41, 5.74) is 5.74. The Kier molecular flexibility index (Phi) is 3.02. The van der Waals surface area contributed by atoms with Gasteiger partial charge in [0.2, 0.25) is 0 Å². The van der Waals surface area contributed by atoms with Crippen molar-refractivity contribution in [2.24, 2.45) is 11.7 Å². The van der Waals surface area contributed by atoms with E-state index in [1.807, 2.05) is 11.8 Å². The summed E-state index contributed by atoms with van der Waals surface area (Å²) in [5, 5.41) is 0.737. The van der Waals surface area contributed by atoms with Crippen LogP contribution in [-0.4, -0.2) is 11.3 Å². The van der Waals surface area contributed by atoms with Gasteiger partial charge in [0.05, 0.1) is 0 Å². The van der Waals surface area contributed by atoms with E-state index in [-0.39, 0.29) is 0 Å². The van der Waals surface area contributed by atoms with Crippen molar-refractivity contribution >= 4 is 11.8 Å². The molecule has 0 fully saturated rings. The minimum atomic E-state index is 0.338. The van der Waals surface area contributed by atoms with Gasteiger partial charge in [-0.05, 0) is 31.1 Å². The number of thioether (sulfide) groups is 1. The summed E-state index contributed by atoms with van der Waals surface area (Å²) in [6, 6.07) is 0.338. The fourth-order valence-electron chi connectivity index (χ4n) is 1.55. The second-order valence-corrected chi connectivity index (χ2v) is 5.10. The number of allylic oxidation sites excluding steroid dienone is 2. The molecule has 1 aliphatic heterocycles. The van der Waals surface area contributed by atoms with Crippen LogP contribution in [0.15, 0.2) is 11.0 Å². The van der Waals surface area contributed by atoms with Crippen LogP contribution in [0.5, 0.6) is 0 Å². The third kappa shape index (κ3) is 2.53. The molecule has 2 N–H and O–H groups in total. The third-order valence-electron chi connectivity index (χ3n) is 2.07. The molecule has 0 saturated heterocycles. The maximum atomic E-state index is 5.74. The third-order valence-corrected chi connectivity index (χ3v) is 3.30. The molecule has 0 aliphatic carbocycles. The van der Waals surface area contributed by atoms with Crippen LogP contribution in [0.2, 0.25) is 0 Å². The highest BCUT2D eigenvalue weighted by Gasteiger charge is 2.22. The van der Waals surface area contributed by atoms with E-state index in [2.05, 4.69) is 26.8 Å². The topological polar surface area (TPSA) is 26.0 Å². The minimum absolute atomic E-state index is 0.338. The Morgan fingerprint density at radius 2 is 2.36 bits per heavy atom. The molecule has 3 unspecified atom stereocenters. The maximum absolute atomic E-state index is 5.74. The Labute approximate surface area is 73.4 Å². The molecule has 1 aliphatic rings. The van der Waals surface area contributed by atoms with Gasteiger partial charge in [-0.3, -0.25) is 0 Å². The van der Waals surface area contributed by atoms with E-state index < -0.39 is 0 Å². The van der Waals surface area contributed by atoms with Gasteiger partial charge in [-0.2, -0.15) is 0 Å². The Bertz CT molecular complexity index is 163. The Morgan fingerprint density at radius 1 is 1.73 bits per heavy atom. The molecule has 1 heterocycles. The maximum Gasteiger partial charge on any atom is 0.0126 e. The van der Waals surface area contributed by atoms with Crippen molar-refractivity contribution in [3.05, 3.63) is 11.0 Å². The Morgan fingerprint density at radius 3 is 2.73 bits per heavy atom. The molecule has 64 valence electrons. The molecule has 1 rings (SSSR count). The van der Waals surface area contributed by atoms with E-state index in [0.717, 1.165) is 11.7 Å². The summed E-state index contributed by atoms with van der Waals surface area (Å²) in [5.74, 6) is 0.708. The Balaban J connectivity index is 2.45. The zero-order valence-electron chi connectivity index (χ0n) is 7.50. The number of rotatable bonds is 2. The van der Waals surface area contributed by atoms with Crippen molar-refractivity contribution < 1.29 is 0 Å². The normalized spacial score (nSPS) is 33.6. The van der Waals surface area contributed by atoms with E-state index in [4.69, 9.17) is 5.73 Å². The monoisotopic (exact) mass is 171 g/mol. The smallest absolute Gasteiger partial charge is 0.0126 e. The fourth-order valence-corrected chi connectivity index (χ4v) is 2.75. The van der Waals surface area contributed by atoms with Crippen LogP contribution in [0.3, 0.4) is 0 Å². The molecule has 3 atom stereocenters. The first-order valence-corrected chi connectivity index (χ1v) is 5.08. The molecule has 0 aromatic rings. The van der Waals surface area contributed by atoms with Gasteiger partial charge in [-0.15, -0.1) is 11.8 Å². The highest BCUT2D eigenvalue weighted by atomic mass is 32.2. The second kappa shape index (κ2) is 3.63. The number of nitrogens with two attached hydrogens (primary N) is 1. The van der Waals surface area contributed by atoms with Gasteiger partial charge in [-0.1, -0.05) is 13.0 Å². The zero-order chi connectivity index (χ0) is 8.43. The van der Waals surface area contributed by atoms with Crippen LogP contribution >= 0.6 is 11.8 Å². The molecule has 0 radical (unpaired) electrons. The molecule has 1 nitrogen and oxygen atoms in total. The summed E-state index contributed by atoms with van der Waals surface area (Å²) >= 11 is 1.98. The van der Waals surface area contributed by atoms with E-state index in [1.54, 1.807) is 0 Å². The lowest BCUT2D eigenvalue weighted by Gasteiger charge is -2.15. The quantitative estimate of drug-likeness (QED) is 0.690. The van der Waals surface area contributed by atoms with Crippen molar-refractivity contribution in [3.63, 3.8) is 0 Å². The van der Waals surface area contributed by atoms with Crippen molar-refractivity contribution in [1.29, 1.82) is 0 Å². The minimum Gasteiger partial charge on any atom is -0.328 e. The summed E-state index contributed by atoms with van der Waals surface area (Å²) < 4.78 is 0. The highest BCUT2D eigenvalue weighted by Crippen LogP contribution is 2.37. The van der Waals surface area contributed by atoms with E-state index in [1.165, 1.54) is 4.91 Å². The molecular formula is C9H17NS. The van der Waals surface area contributed by atoms with Gasteiger partial charge in [0.1, 0.15) is 0 Å². The lowest BCUT2D eigenvalue weighted by atomic mass is 9.98. The summed E-state index contributed by atoms with van der Waals surface area (Å²) in [6.45, 7) is 6.55. The first kappa shape index (κ1) is 9.14. The average Bonchev–Trinajstić information content (AvgIpc) is 2.09. The second-order valence-electron chi connectivity index (χ2n) is 3.48. The van der Waals surface area contributed by atoms with E-state index in [9.17, 15) is 0 Å². The van der Waals surface area contributed by atoms with Crippen LogP contribution in [-0.2, 0) is 0 Å². The van der Waals surface area contributed by atoms with Crippen LogP contribution in [0, 0.1) is 5.92 Å². The Hall–Kier alpha value is 0.0500. The predicted molar refractivity (Wildman–Crippen MR) is 52.6 cm³/mol. The molecule has 0 amide bonds. The number of hydrogen-bond acceptors (Lipinski definition) is 2. The van der Waals surface area contributed by atoms with Crippen LogP contribution in [0.4, 0.5) is 0 Å². The van der Waals surface area contributed by atoms with Gasteiger partial charge >= 0.3 is 0 Å². The van der Waals surface area contributed by atoms with Gasteiger partial charge in [0.25, 0.3) is 0 Å². The van der Waals surface area contributed by atoms with Crippen LogP contribution < -0.4 is 5.73 Å². The lowest BCUT2D eigenvalue weighted by Crippen LogP contribution is -2.21. The lowest BCUT2D eigenvalue weighted by molar-refractivity contribution is 0.527. The van der Waals surface area contributed by atoms with Crippen LogP contribution in [0.25, 0.3) is 0 Å². The largest absolute Gasteiger partial charge is 0.328 e. The van der Waals surface area contributed by atoms with Crippen molar-refractivity contribution in [3.8, 4) is 0 Å². The van der Waals surface area contributed by atoms with Gasteiger partial charge in [0, 0.05) is 11.3 Å². The zero-order valence-corrected chi connectivity index (χ0v) is 8.32. The summed E-state index contributed by atoms with van der Waals surface area (Å²) in [7, 11) is 0. The molecule has 0 aromatic heterocycles. The molecule has 0 bridgehead atoms. The number of hydrogen-bond donors (Lipinski definition) is 1. The average molecular weight is 171 g/mol. The molecular weight excluding hydrogens is 154 g/mol. The fraction of sp³-hybridized carbons (Fsp3) is 0.778. The van der Waals surface area contributed by atoms with E-state index in [0.29, 0.717) is 12.0 Å². The van der Waals surface area contributed by atoms with Crippen molar-refractivity contribution in [2.45, 2.75) is 38.5 Å². The SMILES string of the molecule is CC1=CC(CC(C)N)C(C)S1. The molecule has 11 heavy (non-hydrogen) atoms. The van der Waals surface area contributed by atoms with Crippen LogP contribution in [0.1, 0.15) is 27.2 Å². The molecule has 0 aromatic carbocycles. The molecule has 2 heteroatoms. The highest BCUT2D eigenvalue weighted by molar-refractivity contribution is 8.03. The van der Waals surface area contributed by atoms with Gasteiger partial charge < -0.3 is 5.73 Å². The van der Waals surface area contributed by atoms with Crippen molar-refractivity contribution in [2.75, 3.05) is 0 Å². The first-order chi connectivity index (χ1) is 5.09. The van der Waals surface area contributed by atoms with E-state index >= 15 is 0 Å². The summed E-state index contributed by atoms with van der Waals surface area (Å²) in [6.07, 6.45) is 3.49. The predicted octanol–water partition coefficient (Wildman–Crippen LogP) is 2.38. The van der Waals surface area contributed by atoms with Gasteiger partial charge in [0.15, 0.2) is 0 Å². The van der Waals surface area contributed by atoms with Crippen molar-refractivity contribution in [1.82, 2.24) is 0 Å². The standard InChI is InChI=1S/C9H17NS/c1-6(10)4-9-5-7(2)11-8(9)3/h5-6,8-9H,4,10H2,1-3H3. The van der Waals surface area contributed by atoms with Gasteiger partial charge in [-0.25, -0.2) is 0 Å². The summed E-state index contributed by atoms with van der Waals surface area (Å²) in [4.78, 5) is 1.46. The molecule has 0 spiro atoms.